The van der Waals surface area contributed by atoms with Gasteiger partial charge < -0.3 is 20.7 Å². The van der Waals surface area contributed by atoms with Crippen LogP contribution >= 0.6 is 0 Å². The summed E-state index contributed by atoms with van der Waals surface area (Å²) >= 11 is 0. The topological polar surface area (TPSA) is 96.5 Å². The van der Waals surface area contributed by atoms with E-state index < -0.39 is 24.0 Å². The molecule has 0 heterocycles. The number of benzene rings is 3. The first-order chi connectivity index (χ1) is 19.4. The van der Waals surface area contributed by atoms with Gasteiger partial charge in [0.05, 0.1) is 6.54 Å². The third-order valence-electron chi connectivity index (χ3n) is 7.07. The van der Waals surface area contributed by atoms with E-state index in [1.807, 2.05) is 86.6 Å². The van der Waals surface area contributed by atoms with E-state index in [2.05, 4.69) is 28.1 Å². The third-order valence-corrected chi connectivity index (χ3v) is 7.07. The minimum atomic E-state index is -0.839. The lowest BCUT2D eigenvalue weighted by Gasteiger charge is -2.24. The van der Waals surface area contributed by atoms with Gasteiger partial charge in [0, 0.05) is 12.5 Å². The van der Waals surface area contributed by atoms with E-state index in [0.29, 0.717) is 12.8 Å². The molecule has 0 saturated heterocycles. The van der Waals surface area contributed by atoms with Crippen LogP contribution in [0.2, 0.25) is 0 Å². The van der Waals surface area contributed by atoms with Crippen molar-refractivity contribution in [3.05, 3.63) is 107 Å². The predicted octanol–water partition coefficient (Wildman–Crippen LogP) is 3.75. The highest BCUT2D eigenvalue weighted by Crippen LogP contribution is 2.21. The first-order valence-electron chi connectivity index (χ1n) is 14.0. The van der Waals surface area contributed by atoms with E-state index in [-0.39, 0.29) is 31.0 Å². The molecular formula is C33H39N3O4. The molecule has 0 aromatic heterocycles. The van der Waals surface area contributed by atoms with Crippen LogP contribution in [0.15, 0.2) is 84.9 Å². The van der Waals surface area contributed by atoms with Crippen LogP contribution in [0.4, 0.5) is 0 Å². The number of rotatable bonds is 13. The summed E-state index contributed by atoms with van der Waals surface area (Å²) in [6.07, 6.45) is 2.48. The summed E-state index contributed by atoms with van der Waals surface area (Å²) in [7, 11) is 0. The van der Waals surface area contributed by atoms with Crippen LogP contribution in [0.25, 0.3) is 0 Å². The number of nitrogens with one attached hydrogen (secondary N) is 3. The number of hydrogen-bond donors (Lipinski definition) is 3. The van der Waals surface area contributed by atoms with Crippen molar-refractivity contribution in [3.63, 3.8) is 0 Å². The maximum absolute atomic E-state index is 13.5. The highest BCUT2D eigenvalue weighted by Gasteiger charge is 2.29. The van der Waals surface area contributed by atoms with Gasteiger partial charge in [0.2, 0.25) is 11.8 Å². The summed E-state index contributed by atoms with van der Waals surface area (Å²) in [6, 6.07) is 25.8. The molecule has 1 aliphatic carbocycles. The van der Waals surface area contributed by atoms with Crippen molar-refractivity contribution >= 4 is 17.8 Å². The average Bonchev–Trinajstić information content (AvgIpc) is 3.38. The minimum absolute atomic E-state index is 0.103. The summed E-state index contributed by atoms with van der Waals surface area (Å²) in [5, 5.41) is 9.11. The third kappa shape index (κ3) is 8.78. The molecule has 40 heavy (non-hydrogen) atoms. The Morgan fingerprint density at radius 1 is 0.775 bits per heavy atom. The maximum Gasteiger partial charge on any atom is 0.328 e. The molecule has 0 saturated carbocycles. The number of esters is 1. The van der Waals surface area contributed by atoms with Crippen LogP contribution in [-0.2, 0) is 45.0 Å². The second-order valence-corrected chi connectivity index (χ2v) is 10.8. The zero-order chi connectivity index (χ0) is 28.3. The number of hydrogen-bond acceptors (Lipinski definition) is 5. The molecule has 0 aliphatic heterocycles. The van der Waals surface area contributed by atoms with Crippen LogP contribution < -0.4 is 16.0 Å². The standard InChI is InChI=1S/C33H39N3O4/c1-23(2)17-30(33(39)40-22-25-13-7-4-8-14-25)36-32(38)29(18-24-11-5-3-6-12-24)35-31(37)21-34-28-19-26-15-9-10-16-27(26)20-28/h3-16,23,28-30,34H,17-22H2,1-2H3,(H,35,37)(H,36,38)/t29-,30-/m1/s1. The lowest BCUT2D eigenvalue weighted by Crippen LogP contribution is -2.54. The number of ether oxygens (including phenoxy) is 1. The largest absolute Gasteiger partial charge is 0.459 e. The molecule has 2 atom stereocenters. The summed E-state index contributed by atoms with van der Waals surface area (Å²) in [5.41, 5.74) is 4.39. The molecule has 4 rings (SSSR count). The predicted molar refractivity (Wildman–Crippen MR) is 155 cm³/mol. The Labute approximate surface area is 236 Å². The molecule has 7 nitrogen and oxygen atoms in total. The minimum Gasteiger partial charge on any atom is -0.459 e. The fourth-order valence-electron chi connectivity index (χ4n) is 5.03. The second-order valence-electron chi connectivity index (χ2n) is 10.8. The highest BCUT2D eigenvalue weighted by atomic mass is 16.5. The SMILES string of the molecule is CC(C)C[C@@H](NC(=O)[C@@H](Cc1ccccc1)NC(=O)CNC1Cc2ccccc2C1)C(=O)OCc1ccccc1. The first-order valence-corrected chi connectivity index (χ1v) is 14.0. The number of fused-ring (bicyclic) bond motifs is 1. The Bertz CT molecular complexity index is 1240. The maximum atomic E-state index is 13.5. The van der Waals surface area contributed by atoms with Crippen LogP contribution in [-0.4, -0.2) is 42.5 Å². The smallest absolute Gasteiger partial charge is 0.328 e. The lowest BCUT2D eigenvalue weighted by atomic mass is 10.0. The fourth-order valence-corrected chi connectivity index (χ4v) is 5.03. The monoisotopic (exact) mass is 541 g/mol. The first kappa shape index (κ1) is 29.0. The summed E-state index contributed by atoms with van der Waals surface area (Å²) in [6.45, 7) is 4.20. The Morgan fingerprint density at radius 3 is 1.95 bits per heavy atom. The van der Waals surface area contributed by atoms with Crippen molar-refractivity contribution in [2.45, 2.75) is 64.3 Å². The zero-order valence-electron chi connectivity index (χ0n) is 23.3. The summed E-state index contributed by atoms with van der Waals surface area (Å²) < 4.78 is 5.54. The van der Waals surface area contributed by atoms with Gasteiger partial charge in [-0.05, 0) is 47.4 Å². The normalized spacial score (nSPS) is 14.3. The molecule has 3 aromatic carbocycles. The number of amides is 2. The fraction of sp³-hybridized carbons (Fsp3) is 0.364. The van der Waals surface area contributed by atoms with Crippen molar-refractivity contribution in [2.75, 3.05) is 6.54 Å². The highest BCUT2D eigenvalue weighted by molar-refractivity contribution is 5.91. The van der Waals surface area contributed by atoms with E-state index in [1.54, 1.807) is 0 Å². The van der Waals surface area contributed by atoms with E-state index in [9.17, 15) is 14.4 Å². The van der Waals surface area contributed by atoms with E-state index in [0.717, 1.165) is 24.0 Å². The van der Waals surface area contributed by atoms with Crippen LogP contribution in [0.3, 0.4) is 0 Å². The van der Waals surface area contributed by atoms with Crippen LogP contribution in [0, 0.1) is 5.92 Å². The van der Waals surface area contributed by atoms with Gasteiger partial charge in [0.1, 0.15) is 18.7 Å². The second kappa shape index (κ2) is 14.4. The Hall–Kier alpha value is -3.97. The molecule has 0 bridgehead atoms. The molecule has 210 valence electrons. The molecule has 3 aromatic rings. The van der Waals surface area contributed by atoms with Crippen molar-refractivity contribution in [2.24, 2.45) is 5.92 Å². The van der Waals surface area contributed by atoms with Gasteiger partial charge in [-0.25, -0.2) is 4.79 Å². The Balaban J connectivity index is 1.38. The van der Waals surface area contributed by atoms with E-state index >= 15 is 0 Å². The lowest BCUT2D eigenvalue weighted by molar-refractivity contribution is -0.149. The quantitative estimate of drug-likeness (QED) is 0.287. The van der Waals surface area contributed by atoms with Gasteiger partial charge in [-0.15, -0.1) is 0 Å². The van der Waals surface area contributed by atoms with E-state index in [4.69, 9.17) is 4.74 Å². The molecular weight excluding hydrogens is 502 g/mol. The van der Waals surface area contributed by atoms with Gasteiger partial charge in [-0.2, -0.15) is 0 Å². The van der Waals surface area contributed by atoms with Crippen LogP contribution in [0.1, 0.15) is 42.5 Å². The molecule has 0 fully saturated rings. The average molecular weight is 542 g/mol. The molecule has 1 aliphatic rings. The number of carbonyl (C=O) groups excluding carboxylic acids is 3. The van der Waals surface area contributed by atoms with Crippen molar-refractivity contribution < 1.29 is 19.1 Å². The molecule has 0 spiro atoms. The van der Waals surface area contributed by atoms with E-state index in [1.165, 1.54) is 11.1 Å². The molecule has 0 radical (unpaired) electrons. The molecule has 2 amide bonds. The summed E-state index contributed by atoms with van der Waals surface area (Å²) in [4.78, 5) is 39.5. The van der Waals surface area contributed by atoms with Gasteiger partial charge in [-0.3, -0.25) is 9.59 Å². The molecule has 7 heteroatoms. The van der Waals surface area contributed by atoms with Crippen molar-refractivity contribution in [3.8, 4) is 0 Å². The van der Waals surface area contributed by atoms with Gasteiger partial charge in [-0.1, -0.05) is 98.8 Å². The Kier molecular flexibility index (Phi) is 10.5. The van der Waals surface area contributed by atoms with Gasteiger partial charge >= 0.3 is 5.97 Å². The Morgan fingerprint density at radius 2 is 1.35 bits per heavy atom. The number of carbonyl (C=O) groups is 3. The summed E-state index contributed by atoms with van der Waals surface area (Å²) in [5.74, 6) is -1.01. The van der Waals surface area contributed by atoms with Crippen LogP contribution in [0.5, 0.6) is 0 Å². The van der Waals surface area contributed by atoms with Crippen molar-refractivity contribution in [1.29, 1.82) is 0 Å². The van der Waals surface area contributed by atoms with Crippen molar-refractivity contribution in [1.82, 2.24) is 16.0 Å². The zero-order valence-corrected chi connectivity index (χ0v) is 23.3. The van der Waals surface area contributed by atoms with Gasteiger partial charge in [0.25, 0.3) is 0 Å². The molecule has 0 unspecified atom stereocenters. The van der Waals surface area contributed by atoms with Gasteiger partial charge in [0.15, 0.2) is 0 Å². The molecule has 3 N–H and O–H groups in total.